The molecule has 1 aliphatic rings. The number of hydrogen-bond acceptors (Lipinski definition) is 1. The van der Waals surface area contributed by atoms with E-state index in [1.165, 1.54) is 0 Å². The van der Waals surface area contributed by atoms with E-state index in [-0.39, 0.29) is 18.1 Å². The number of aromatic nitrogens is 1. The molecule has 3 rings (SSSR count). The van der Waals surface area contributed by atoms with E-state index in [1.54, 1.807) is 6.07 Å². The summed E-state index contributed by atoms with van der Waals surface area (Å²) in [6.07, 6.45) is 3.87. The minimum atomic E-state index is -0.220. The molecule has 0 aliphatic carbocycles. The van der Waals surface area contributed by atoms with E-state index in [9.17, 15) is 4.79 Å². The highest BCUT2D eigenvalue weighted by Crippen LogP contribution is 2.37. The van der Waals surface area contributed by atoms with Gasteiger partial charge < -0.3 is 14.8 Å². The molecule has 0 spiro atoms. The van der Waals surface area contributed by atoms with Crippen LogP contribution in [-0.2, 0) is 6.54 Å². The molecule has 2 amide bonds. The molecule has 134 valence electrons. The van der Waals surface area contributed by atoms with Gasteiger partial charge in [0.25, 0.3) is 0 Å². The number of amides is 2. The number of nitrogens with zero attached hydrogens (tertiary/aromatic N) is 2. The SMILES string of the molecule is CCC(CC)NC(=O)N1CCn2cccc2C1c1ccc(Cl)cc1Cl. The van der Waals surface area contributed by atoms with Gasteiger partial charge in [-0.25, -0.2) is 4.79 Å². The molecule has 0 saturated carbocycles. The first kappa shape index (κ1) is 18.2. The zero-order valence-corrected chi connectivity index (χ0v) is 16.0. The van der Waals surface area contributed by atoms with E-state index in [0.717, 1.165) is 30.6 Å². The molecular formula is C19H23Cl2N3O. The number of halogens is 2. The van der Waals surface area contributed by atoms with Gasteiger partial charge in [0.1, 0.15) is 6.04 Å². The Balaban J connectivity index is 1.98. The molecule has 1 aromatic heterocycles. The first-order valence-corrected chi connectivity index (χ1v) is 9.47. The van der Waals surface area contributed by atoms with Gasteiger partial charge in [-0.2, -0.15) is 0 Å². The normalized spacial score (nSPS) is 16.8. The van der Waals surface area contributed by atoms with Crippen molar-refractivity contribution in [3.8, 4) is 0 Å². The molecule has 1 atom stereocenters. The summed E-state index contributed by atoms with van der Waals surface area (Å²) < 4.78 is 2.18. The molecule has 2 heterocycles. The third kappa shape index (κ3) is 3.65. The number of carbonyl (C=O) groups excluding carboxylic acids is 1. The van der Waals surface area contributed by atoms with Crippen LogP contribution in [0, 0.1) is 0 Å². The predicted octanol–water partition coefficient (Wildman–Crippen LogP) is 5.10. The van der Waals surface area contributed by atoms with Gasteiger partial charge in [0.2, 0.25) is 0 Å². The fourth-order valence-corrected chi connectivity index (χ4v) is 3.91. The molecule has 1 aliphatic heterocycles. The second kappa shape index (κ2) is 7.71. The minimum absolute atomic E-state index is 0.0443. The minimum Gasteiger partial charge on any atom is -0.348 e. The van der Waals surface area contributed by atoms with Crippen LogP contribution in [0.15, 0.2) is 36.5 Å². The van der Waals surface area contributed by atoms with Crippen LogP contribution in [0.5, 0.6) is 0 Å². The summed E-state index contributed by atoms with van der Waals surface area (Å²) in [5, 5.41) is 4.32. The molecular weight excluding hydrogens is 357 g/mol. The van der Waals surface area contributed by atoms with E-state index in [4.69, 9.17) is 23.2 Å². The molecule has 0 bridgehead atoms. The summed E-state index contributed by atoms with van der Waals surface area (Å²) in [5.74, 6) is 0. The molecule has 4 nitrogen and oxygen atoms in total. The second-order valence-corrected chi connectivity index (χ2v) is 7.19. The number of urea groups is 1. The summed E-state index contributed by atoms with van der Waals surface area (Å²) in [4.78, 5) is 14.8. The monoisotopic (exact) mass is 379 g/mol. The molecule has 1 aromatic carbocycles. The van der Waals surface area contributed by atoms with Crippen LogP contribution in [0.3, 0.4) is 0 Å². The van der Waals surface area contributed by atoms with Crippen LogP contribution >= 0.6 is 23.2 Å². The fourth-order valence-electron chi connectivity index (χ4n) is 3.40. The number of hydrogen-bond donors (Lipinski definition) is 1. The van der Waals surface area contributed by atoms with Crippen molar-refractivity contribution >= 4 is 29.2 Å². The lowest BCUT2D eigenvalue weighted by atomic mass is 10.00. The summed E-state index contributed by atoms with van der Waals surface area (Å²) >= 11 is 12.5. The van der Waals surface area contributed by atoms with Crippen LogP contribution in [0.1, 0.15) is 44.0 Å². The zero-order chi connectivity index (χ0) is 18.0. The van der Waals surface area contributed by atoms with E-state index >= 15 is 0 Å². The Labute approximate surface area is 158 Å². The van der Waals surface area contributed by atoms with Gasteiger partial charge in [0.05, 0.1) is 0 Å². The summed E-state index contributed by atoms with van der Waals surface area (Å²) in [6.45, 7) is 5.59. The maximum absolute atomic E-state index is 13.0. The molecule has 0 fully saturated rings. The second-order valence-electron chi connectivity index (χ2n) is 6.35. The number of rotatable bonds is 4. The van der Waals surface area contributed by atoms with E-state index in [1.807, 2.05) is 35.4 Å². The smallest absolute Gasteiger partial charge is 0.318 e. The maximum atomic E-state index is 13.0. The highest BCUT2D eigenvalue weighted by Gasteiger charge is 2.33. The highest BCUT2D eigenvalue weighted by molar-refractivity contribution is 6.35. The van der Waals surface area contributed by atoms with Gasteiger partial charge in [0, 0.05) is 41.1 Å². The van der Waals surface area contributed by atoms with E-state index < -0.39 is 0 Å². The van der Waals surface area contributed by atoms with Crippen molar-refractivity contribution in [2.24, 2.45) is 0 Å². The Morgan fingerprint density at radius 3 is 2.68 bits per heavy atom. The largest absolute Gasteiger partial charge is 0.348 e. The first-order chi connectivity index (χ1) is 12.0. The Hall–Kier alpha value is -1.65. The van der Waals surface area contributed by atoms with Crippen LogP contribution in [-0.4, -0.2) is 28.1 Å². The molecule has 6 heteroatoms. The van der Waals surface area contributed by atoms with Crippen molar-refractivity contribution in [2.45, 2.75) is 45.3 Å². The van der Waals surface area contributed by atoms with Crippen LogP contribution < -0.4 is 5.32 Å². The lowest BCUT2D eigenvalue weighted by Gasteiger charge is -2.38. The van der Waals surface area contributed by atoms with Crippen molar-refractivity contribution in [1.29, 1.82) is 0 Å². The van der Waals surface area contributed by atoms with Gasteiger partial charge in [-0.1, -0.05) is 43.1 Å². The van der Waals surface area contributed by atoms with Crippen LogP contribution in [0.4, 0.5) is 4.79 Å². The Morgan fingerprint density at radius 1 is 1.24 bits per heavy atom. The summed E-state index contributed by atoms with van der Waals surface area (Å²) in [5.41, 5.74) is 1.96. The lowest BCUT2D eigenvalue weighted by molar-refractivity contribution is 0.164. The fraction of sp³-hybridized carbons (Fsp3) is 0.421. The quantitative estimate of drug-likeness (QED) is 0.788. The Bertz CT molecular complexity index is 755. The van der Waals surface area contributed by atoms with Gasteiger partial charge >= 0.3 is 6.03 Å². The van der Waals surface area contributed by atoms with Gasteiger partial charge in [-0.05, 0) is 42.7 Å². The third-order valence-corrected chi connectivity index (χ3v) is 5.43. The molecule has 2 aromatic rings. The van der Waals surface area contributed by atoms with Crippen LogP contribution in [0.2, 0.25) is 10.0 Å². The van der Waals surface area contributed by atoms with E-state index in [0.29, 0.717) is 16.6 Å². The van der Waals surface area contributed by atoms with E-state index in [2.05, 4.69) is 23.7 Å². The molecule has 1 N–H and O–H groups in total. The lowest BCUT2D eigenvalue weighted by Crippen LogP contribution is -2.49. The summed E-state index contributed by atoms with van der Waals surface area (Å²) in [7, 11) is 0. The average Bonchev–Trinajstić information content (AvgIpc) is 3.07. The molecule has 1 unspecified atom stereocenters. The van der Waals surface area contributed by atoms with Crippen molar-refractivity contribution in [3.05, 3.63) is 57.8 Å². The zero-order valence-electron chi connectivity index (χ0n) is 14.5. The number of nitrogens with one attached hydrogen (secondary N) is 1. The predicted molar refractivity (Wildman–Crippen MR) is 102 cm³/mol. The number of benzene rings is 1. The third-order valence-electron chi connectivity index (χ3n) is 4.87. The Morgan fingerprint density at radius 2 is 2.00 bits per heavy atom. The van der Waals surface area contributed by atoms with Crippen molar-refractivity contribution in [1.82, 2.24) is 14.8 Å². The number of fused-ring (bicyclic) bond motifs is 1. The van der Waals surface area contributed by atoms with Crippen LogP contribution in [0.25, 0.3) is 0 Å². The maximum Gasteiger partial charge on any atom is 0.318 e. The van der Waals surface area contributed by atoms with Crippen molar-refractivity contribution < 1.29 is 4.79 Å². The summed E-state index contributed by atoms with van der Waals surface area (Å²) in [6, 6.07) is 9.44. The topological polar surface area (TPSA) is 37.3 Å². The molecule has 0 radical (unpaired) electrons. The standard InChI is InChI=1S/C19H23Cl2N3O/c1-3-14(4-2)22-19(25)24-11-10-23-9-5-6-17(23)18(24)15-8-7-13(20)12-16(15)21/h5-9,12,14,18H,3-4,10-11H2,1-2H3,(H,22,25). The van der Waals surface area contributed by atoms with Crippen molar-refractivity contribution in [3.63, 3.8) is 0 Å². The van der Waals surface area contributed by atoms with Crippen molar-refractivity contribution in [2.75, 3.05) is 6.54 Å². The first-order valence-electron chi connectivity index (χ1n) is 8.72. The molecule has 25 heavy (non-hydrogen) atoms. The highest BCUT2D eigenvalue weighted by atomic mass is 35.5. The van der Waals surface area contributed by atoms with Gasteiger partial charge in [-0.3, -0.25) is 0 Å². The van der Waals surface area contributed by atoms with Gasteiger partial charge in [0.15, 0.2) is 0 Å². The molecule has 0 saturated heterocycles. The average molecular weight is 380 g/mol. The Kier molecular flexibility index (Phi) is 5.60. The van der Waals surface area contributed by atoms with Gasteiger partial charge in [-0.15, -0.1) is 0 Å². The number of carbonyl (C=O) groups is 1.